The van der Waals surface area contributed by atoms with Crippen molar-refractivity contribution >= 4 is 5.71 Å². The molecule has 2 N–H and O–H groups in total. The van der Waals surface area contributed by atoms with Crippen molar-refractivity contribution < 1.29 is 18.5 Å². The van der Waals surface area contributed by atoms with Crippen LogP contribution in [0.5, 0.6) is 0 Å². The van der Waals surface area contributed by atoms with E-state index < -0.39 is 11.9 Å². The van der Waals surface area contributed by atoms with Gasteiger partial charge in [-0.15, -0.1) is 0 Å². The van der Waals surface area contributed by atoms with Crippen molar-refractivity contribution in [3.8, 4) is 0 Å². The number of hydrogen-bond donors (Lipinski definition) is 1. The molecule has 0 radical (unpaired) electrons. The van der Waals surface area contributed by atoms with Crippen LogP contribution in [0.3, 0.4) is 0 Å². The molecule has 1 aromatic carbocycles. The van der Waals surface area contributed by atoms with Crippen LogP contribution in [-0.4, -0.2) is 25.0 Å². The van der Waals surface area contributed by atoms with Crippen LogP contribution in [0.25, 0.3) is 0 Å². The Balaban J connectivity index is 2.36. The summed E-state index contributed by atoms with van der Waals surface area (Å²) in [6.45, 7) is 2.64. The fourth-order valence-corrected chi connectivity index (χ4v) is 1.75. The molecular formula is C13H14F3N2+. The molecule has 0 saturated carbocycles. The highest BCUT2D eigenvalue weighted by Crippen LogP contribution is 2.21. The van der Waals surface area contributed by atoms with E-state index in [1.165, 1.54) is 5.32 Å². The lowest BCUT2D eigenvalue weighted by molar-refractivity contribution is -0.622. The molecule has 0 unspecified atom stereocenters. The molecule has 0 bridgehead atoms. The van der Waals surface area contributed by atoms with Crippen LogP contribution in [0.4, 0.5) is 13.2 Å². The third-order valence-electron chi connectivity index (χ3n) is 2.74. The first-order chi connectivity index (χ1) is 8.47. The standard InChI is InChI=1S/C13H13F3N2/c1-9-2-4-10(5-3-9)11-8-12(13(14,15)16)18-7-6-17-11/h2-5,8,18H,6-7H2,1H3/p+1. The maximum atomic E-state index is 12.7. The van der Waals surface area contributed by atoms with Crippen molar-refractivity contribution in [2.24, 2.45) is 4.99 Å². The summed E-state index contributed by atoms with van der Waals surface area (Å²) in [7, 11) is 0. The molecule has 5 heteroatoms. The van der Waals surface area contributed by atoms with Gasteiger partial charge in [0.1, 0.15) is 6.54 Å². The molecule has 2 rings (SSSR count). The molecule has 0 amide bonds. The van der Waals surface area contributed by atoms with Gasteiger partial charge < -0.3 is 5.32 Å². The number of allylic oxidation sites excluding steroid dienone is 2. The molecule has 1 heterocycles. The van der Waals surface area contributed by atoms with E-state index in [0.29, 0.717) is 18.8 Å². The van der Waals surface area contributed by atoms with Gasteiger partial charge in [0, 0.05) is 6.08 Å². The van der Waals surface area contributed by atoms with Crippen LogP contribution in [0.2, 0.25) is 0 Å². The highest BCUT2D eigenvalue weighted by molar-refractivity contribution is 6.09. The van der Waals surface area contributed by atoms with Gasteiger partial charge in [-0.2, -0.15) is 13.2 Å². The Labute approximate surface area is 103 Å². The summed E-state index contributed by atoms with van der Waals surface area (Å²) >= 11 is 0. The quantitative estimate of drug-likeness (QED) is 0.793. The summed E-state index contributed by atoms with van der Waals surface area (Å²) in [5.41, 5.74) is 1.58. The van der Waals surface area contributed by atoms with Gasteiger partial charge in [-0.3, -0.25) is 4.99 Å². The molecule has 0 atom stereocenters. The number of benzene rings is 1. The van der Waals surface area contributed by atoms with Crippen molar-refractivity contribution in [3.63, 3.8) is 0 Å². The molecule has 18 heavy (non-hydrogen) atoms. The lowest BCUT2D eigenvalue weighted by atomic mass is 10.1. The average molecular weight is 255 g/mol. The maximum absolute atomic E-state index is 12.7. The first-order valence-electron chi connectivity index (χ1n) is 5.70. The fraction of sp³-hybridized carbons (Fsp3) is 0.308. The van der Waals surface area contributed by atoms with Crippen molar-refractivity contribution in [3.05, 3.63) is 47.2 Å². The van der Waals surface area contributed by atoms with E-state index in [1.807, 2.05) is 19.1 Å². The number of alkyl halides is 3. The first kappa shape index (κ1) is 12.8. The normalized spacial score (nSPS) is 16.9. The van der Waals surface area contributed by atoms with Crippen molar-refractivity contribution in [1.82, 2.24) is 0 Å². The number of nitrogens with two attached hydrogens (primary N) is 1. The molecular weight excluding hydrogens is 241 g/mol. The second kappa shape index (κ2) is 4.94. The Morgan fingerprint density at radius 2 is 1.83 bits per heavy atom. The number of rotatable bonds is 1. The summed E-state index contributed by atoms with van der Waals surface area (Å²) in [5.74, 6) is 0. The minimum absolute atomic E-state index is 0.320. The molecule has 2 nitrogen and oxygen atoms in total. The molecule has 96 valence electrons. The number of aliphatic imine (C=N–C) groups is 1. The number of nitrogens with zero attached hydrogens (tertiary/aromatic N) is 1. The number of hydrogen-bond acceptors (Lipinski definition) is 1. The third kappa shape index (κ3) is 2.98. The highest BCUT2D eigenvalue weighted by atomic mass is 19.4. The monoisotopic (exact) mass is 255 g/mol. The summed E-state index contributed by atoms with van der Waals surface area (Å²) in [5, 5.41) is 1.20. The second-order valence-corrected chi connectivity index (χ2v) is 4.22. The molecule has 1 aliphatic heterocycles. The summed E-state index contributed by atoms with van der Waals surface area (Å²) < 4.78 is 38.2. The topological polar surface area (TPSA) is 29.0 Å². The van der Waals surface area contributed by atoms with Crippen LogP contribution in [0.15, 0.2) is 41.0 Å². The van der Waals surface area contributed by atoms with Gasteiger partial charge >= 0.3 is 6.18 Å². The van der Waals surface area contributed by atoms with Crippen molar-refractivity contribution in [2.45, 2.75) is 13.1 Å². The van der Waals surface area contributed by atoms with Gasteiger partial charge in [0.2, 0.25) is 5.70 Å². The van der Waals surface area contributed by atoms with Gasteiger partial charge in [-0.1, -0.05) is 29.8 Å². The van der Waals surface area contributed by atoms with Crippen LogP contribution >= 0.6 is 0 Å². The fourth-order valence-electron chi connectivity index (χ4n) is 1.75. The van der Waals surface area contributed by atoms with E-state index in [1.54, 1.807) is 12.1 Å². The Morgan fingerprint density at radius 3 is 2.44 bits per heavy atom. The summed E-state index contributed by atoms with van der Waals surface area (Å²) in [6, 6.07) is 7.33. The summed E-state index contributed by atoms with van der Waals surface area (Å²) in [6.07, 6.45) is -3.19. The largest absolute Gasteiger partial charge is 0.466 e. The minimum atomic E-state index is -4.31. The zero-order chi connectivity index (χ0) is 13.2. The summed E-state index contributed by atoms with van der Waals surface area (Å²) in [4.78, 5) is 4.20. The Hall–Kier alpha value is -1.62. The molecule has 0 spiro atoms. The average Bonchev–Trinajstić information content (AvgIpc) is 2.55. The Bertz CT molecular complexity index is 484. The molecule has 0 fully saturated rings. The maximum Gasteiger partial charge on any atom is 0.466 e. The number of aryl methyl sites for hydroxylation is 1. The molecule has 0 aromatic heterocycles. The SMILES string of the molecule is Cc1ccc(C2=NCC[NH2+]C(C(F)(F)F)=C2)cc1. The highest BCUT2D eigenvalue weighted by Gasteiger charge is 2.38. The van der Waals surface area contributed by atoms with E-state index in [-0.39, 0.29) is 0 Å². The minimum Gasteiger partial charge on any atom is -0.308 e. The van der Waals surface area contributed by atoms with Crippen LogP contribution < -0.4 is 5.32 Å². The molecule has 0 aliphatic carbocycles. The predicted octanol–water partition coefficient (Wildman–Crippen LogP) is 1.81. The second-order valence-electron chi connectivity index (χ2n) is 4.22. The smallest absolute Gasteiger partial charge is 0.308 e. The van der Waals surface area contributed by atoms with Gasteiger partial charge in [0.25, 0.3) is 0 Å². The zero-order valence-corrected chi connectivity index (χ0v) is 9.96. The molecule has 1 aromatic rings. The Kier molecular flexibility index (Phi) is 3.52. The number of halogens is 3. The first-order valence-corrected chi connectivity index (χ1v) is 5.70. The van der Waals surface area contributed by atoms with Crippen LogP contribution in [-0.2, 0) is 0 Å². The third-order valence-corrected chi connectivity index (χ3v) is 2.74. The Morgan fingerprint density at radius 1 is 1.17 bits per heavy atom. The van der Waals surface area contributed by atoms with Gasteiger partial charge in [-0.05, 0) is 12.5 Å². The predicted molar refractivity (Wildman–Crippen MR) is 63.5 cm³/mol. The number of quaternary nitrogens is 1. The molecule has 1 aliphatic rings. The lowest BCUT2D eigenvalue weighted by Crippen LogP contribution is -2.85. The van der Waals surface area contributed by atoms with E-state index in [9.17, 15) is 13.2 Å². The van der Waals surface area contributed by atoms with Crippen molar-refractivity contribution in [2.75, 3.05) is 13.1 Å². The van der Waals surface area contributed by atoms with Gasteiger partial charge in [0.15, 0.2) is 0 Å². The van der Waals surface area contributed by atoms with Gasteiger partial charge in [0.05, 0.1) is 12.3 Å². The van der Waals surface area contributed by atoms with Crippen LogP contribution in [0, 0.1) is 6.92 Å². The van der Waals surface area contributed by atoms with Gasteiger partial charge in [-0.25, -0.2) is 0 Å². The van der Waals surface area contributed by atoms with E-state index in [2.05, 4.69) is 4.99 Å². The van der Waals surface area contributed by atoms with Crippen molar-refractivity contribution in [1.29, 1.82) is 0 Å². The molecule has 0 saturated heterocycles. The zero-order valence-electron chi connectivity index (χ0n) is 9.96. The lowest BCUT2D eigenvalue weighted by Gasteiger charge is -2.07. The van der Waals surface area contributed by atoms with E-state index >= 15 is 0 Å². The van der Waals surface area contributed by atoms with E-state index in [0.717, 1.165) is 17.2 Å². The van der Waals surface area contributed by atoms with E-state index in [4.69, 9.17) is 0 Å². The van der Waals surface area contributed by atoms with Crippen LogP contribution in [0.1, 0.15) is 11.1 Å².